The summed E-state index contributed by atoms with van der Waals surface area (Å²) in [5.74, 6) is 1.01. The molecule has 3 saturated heterocycles. The van der Waals surface area contributed by atoms with Crippen LogP contribution >= 0.6 is 11.3 Å². The average Bonchev–Trinajstić information content (AvgIpc) is 3.36. The van der Waals surface area contributed by atoms with Crippen molar-refractivity contribution in [1.82, 2.24) is 15.3 Å². The Morgan fingerprint density at radius 2 is 2.29 bits per heavy atom. The largest absolute Gasteiger partial charge is 0.373 e. The van der Waals surface area contributed by atoms with Crippen LogP contribution in [0.15, 0.2) is 17.8 Å². The summed E-state index contributed by atoms with van der Waals surface area (Å²) in [6.07, 6.45) is 7.25. The summed E-state index contributed by atoms with van der Waals surface area (Å²) in [5, 5.41) is 6.32. The van der Waals surface area contributed by atoms with Crippen molar-refractivity contribution in [3.8, 4) is 0 Å². The van der Waals surface area contributed by atoms with Crippen molar-refractivity contribution >= 4 is 33.3 Å². The number of anilines is 1. The van der Waals surface area contributed by atoms with Crippen LogP contribution in [0.3, 0.4) is 0 Å². The molecule has 1 amide bonds. The van der Waals surface area contributed by atoms with Gasteiger partial charge in [-0.3, -0.25) is 4.79 Å². The first-order valence-corrected chi connectivity index (χ1v) is 9.58. The second-order valence-electron chi connectivity index (χ2n) is 6.91. The molecule has 3 aliphatic heterocycles. The quantitative estimate of drug-likeness (QED) is 0.923. The highest BCUT2D eigenvalue weighted by atomic mass is 32.1. The molecule has 5 heterocycles. The molecular weight excluding hydrogens is 324 g/mol. The zero-order chi connectivity index (χ0) is 16.1. The molecule has 0 spiro atoms. The molecule has 0 aliphatic carbocycles. The predicted molar refractivity (Wildman–Crippen MR) is 92.2 cm³/mol. The molecule has 0 unspecified atom stereocenters. The monoisotopic (exact) mass is 344 g/mol. The van der Waals surface area contributed by atoms with E-state index in [1.54, 1.807) is 17.7 Å². The number of fused-ring (bicyclic) bond motifs is 3. The van der Waals surface area contributed by atoms with Gasteiger partial charge in [0.2, 0.25) is 5.91 Å². The Morgan fingerprint density at radius 1 is 1.33 bits per heavy atom. The van der Waals surface area contributed by atoms with E-state index in [0.717, 1.165) is 54.7 Å². The van der Waals surface area contributed by atoms with Crippen molar-refractivity contribution < 1.29 is 9.53 Å². The Morgan fingerprint density at radius 3 is 3.12 bits per heavy atom. The first kappa shape index (κ1) is 14.6. The normalized spacial score (nSPS) is 31.9. The fraction of sp³-hybridized carbons (Fsp3) is 0.588. The van der Waals surface area contributed by atoms with Crippen molar-refractivity contribution in [1.29, 1.82) is 0 Å². The minimum Gasteiger partial charge on any atom is -0.373 e. The summed E-state index contributed by atoms with van der Waals surface area (Å²) in [5.41, 5.74) is 0. The molecule has 1 N–H and O–H groups in total. The number of carbonyl (C=O) groups excluding carboxylic acids is 1. The lowest BCUT2D eigenvalue weighted by molar-refractivity contribution is -0.123. The van der Waals surface area contributed by atoms with Crippen molar-refractivity contribution in [2.24, 2.45) is 0 Å². The number of thiophene rings is 1. The van der Waals surface area contributed by atoms with Gasteiger partial charge in [-0.05, 0) is 43.6 Å². The fourth-order valence-corrected chi connectivity index (χ4v) is 5.09. The smallest absolute Gasteiger partial charge is 0.243 e. The third-order valence-corrected chi connectivity index (χ3v) is 6.32. The molecular formula is C17H20N4O2S. The van der Waals surface area contributed by atoms with E-state index < -0.39 is 0 Å². The molecule has 4 atom stereocenters. The molecule has 0 aromatic carbocycles. The van der Waals surface area contributed by atoms with Crippen molar-refractivity contribution in [2.45, 2.75) is 56.4 Å². The lowest BCUT2D eigenvalue weighted by Crippen LogP contribution is -2.50. The maximum atomic E-state index is 12.9. The Labute approximate surface area is 144 Å². The van der Waals surface area contributed by atoms with Crippen LogP contribution in [0.4, 0.5) is 5.82 Å². The predicted octanol–water partition coefficient (Wildman–Crippen LogP) is 2.10. The highest BCUT2D eigenvalue weighted by Gasteiger charge is 2.43. The minimum atomic E-state index is -0.137. The van der Waals surface area contributed by atoms with E-state index in [0.29, 0.717) is 6.10 Å². The first-order chi connectivity index (χ1) is 11.8. The summed E-state index contributed by atoms with van der Waals surface area (Å²) >= 11 is 1.61. The number of carbonyl (C=O) groups is 1. The van der Waals surface area contributed by atoms with Gasteiger partial charge in [0.1, 0.15) is 23.0 Å². The van der Waals surface area contributed by atoms with Crippen molar-refractivity contribution in [2.75, 3.05) is 11.4 Å². The zero-order valence-electron chi connectivity index (χ0n) is 13.4. The molecule has 5 rings (SSSR count). The Kier molecular flexibility index (Phi) is 3.45. The standard InChI is InChI=1S/C17H20N4O2S/c22-16(20-12-8-10-3-4-14(12)23-10)13-2-1-6-21(13)15-11-5-7-24-17(11)19-9-18-15/h5,7,9-10,12-14H,1-4,6,8H2,(H,20,22)/t10-,12-,13+,14+/m1/s1. The highest BCUT2D eigenvalue weighted by Crippen LogP contribution is 2.35. The van der Waals surface area contributed by atoms with Crippen LogP contribution in [0.25, 0.3) is 10.2 Å². The zero-order valence-corrected chi connectivity index (χ0v) is 14.2. The van der Waals surface area contributed by atoms with E-state index in [1.165, 1.54) is 0 Å². The molecule has 3 fully saturated rings. The Hall–Kier alpha value is -1.73. The summed E-state index contributed by atoms with van der Waals surface area (Å²) in [6.45, 7) is 0.868. The second-order valence-corrected chi connectivity index (χ2v) is 7.81. The van der Waals surface area contributed by atoms with Crippen LogP contribution in [-0.4, -0.2) is 46.7 Å². The summed E-state index contributed by atoms with van der Waals surface area (Å²) < 4.78 is 5.86. The first-order valence-electron chi connectivity index (χ1n) is 8.70. The number of hydrogen-bond acceptors (Lipinski definition) is 6. The van der Waals surface area contributed by atoms with E-state index in [4.69, 9.17) is 4.74 Å². The molecule has 126 valence electrons. The number of nitrogens with one attached hydrogen (secondary N) is 1. The van der Waals surface area contributed by atoms with Crippen LogP contribution in [0.1, 0.15) is 32.1 Å². The lowest BCUT2D eigenvalue weighted by Gasteiger charge is -2.28. The topological polar surface area (TPSA) is 67.3 Å². The van der Waals surface area contributed by atoms with Crippen LogP contribution in [0.2, 0.25) is 0 Å². The molecule has 6 nitrogen and oxygen atoms in total. The Balaban J connectivity index is 1.37. The van der Waals surface area contributed by atoms with Crippen LogP contribution in [-0.2, 0) is 9.53 Å². The molecule has 7 heteroatoms. The van der Waals surface area contributed by atoms with Crippen molar-refractivity contribution in [3.63, 3.8) is 0 Å². The molecule has 0 saturated carbocycles. The van der Waals surface area contributed by atoms with E-state index in [2.05, 4.69) is 20.2 Å². The average molecular weight is 344 g/mol. The van der Waals surface area contributed by atoms with Crippen LogP contribution in [0.5, 0.6) is 0 Å². The van der Waals surface area contributed by atoms with Gasteiger partial charge >= 0.3 is 0 Å². The number of nitrogens with zero attached hydrogens (tertiary/aromatic N) is 3. The maximum absolute atomic E-state index is 12.9. The van der Waals surface area contributed by atoms with E-state index in [1.807, 2.05) is 11.4 Å². The van der Waals surface area contributed by atoms with Gasteiger partial charge in [0, 0.05) is 6.54 Å². The number of hydrogen-bond donors (Lipinski definition) is 1. The number of rotatable bonds is 3. The van der Waals surface area contributed by atoms with Gasteiger partial charge in [-0.15, -0.1) is 11.3 Å². The molecule has 2 bridgehead atoms. The maximum Gasteiger partial charge on any atom is 0.243 e. The fourth-order valence-electron chi connectivity index (χ4n) is 4.37. The van der Waals surface area contributed by atoms with Gasteiger partial charge in [-0.25, -0.2) is 9.97 Å². The van der Waals surface area contributed by atoms with Crippen molar-refractivity contribution in [3.05, 3.63) is 17.8 Å². The van der Waals surface area contributed by atoms with Gasteiger partial charge in [-0.2, -0.15) is 0 Å². The molecule has 2 aromatic heterocycles. The molecule has 3 aliphatic rings. The molecule has 24 heavy (non-hydrogen) atoms. The Bertz CT molecular complexity index is 779. The van der Waals surface area contributed by atoms with E-state index in [-0.39, 0.29) is 24.1 Å². The van der Waals surface area contributed by atoms with Gasteiger partial charge in [0.15, 0.2) is 0 Å². The highest BCUT2D eigenvalue weighted by molar-refractivity contribution is 7.16. The third kappa shape index (κ3) is 2.29. The van der Waals surface area contributed by atoms with Gasteiger partial charge in [0.25, 0.3) is 0 Å². The lowest BCUT2D eigenvalue weighted by atomic mass is 9.95. The van der Waals surface area contributed by atoms with Gasteiger partial charge in [0.05, 0.1) is 23.6 Å². The summed E-state index contributed by atoms with van der Waals surface area (Å²) in [7, 11) is 0. The van der Waals surface area contributed by atoms with Crippen LogP contribution < -0.4 is 10.2 Å². The van der Waals surface area contributed by atoms with Gasteiger partial charge in [-0.1, -0.05) is 0 Å². The van der Waals surface area contributed by atoms with E-state index >= 15 is 0 Å². The van der Waals surface area contributed by atoms with Crippen LogP contribution in [0, 0.1) is 0 Å². The van der Waals surface area contributed by atoms with E-state index in [9.17, 15) is 4.79 Å². The molecule has 0 radical (unpaired) electrons. The molecule has 2 aromatic rings. The number of amides is 1. The number of aromatic nitrogens is 2. The number of ether oxygens (including phenoxy) is 1. The second kappa shape index (κ2) is 5.67. The third-order valence-electron chi connectivity index (χ3n) is 5.50. The summed E-state index contributed by atoms with van der Waals surface area (Å²) in [6, 6.07) is 2.10. The van der Waals surface area contributed by atoms with Gasteiger partial charge < -0.3 is 15.0 Å². The SMILES string of the molecule is O=C(N[C@@H]1C[C@H]2CC[C@@H]1O2)[C@@H]1CCCN1c1ncnc2sccc12. The minimum absolute atomic E-state index is 0.121. The summed E-state index contributed by atoms with van der Waals surface area (Å²) in [4.78, 5) is 24.8.